The molecule has 1 N–H and O–H groups in total. The molecule has 142 valence electrons. The Balaban J connectivity index is 1.52. The summed E-state index contributed by atoms with van der Waals surface area (Å²) in [6.45, 7) is 0. The van der Waals surface area contributed by atoms with Crippen molar-refractivity contribution in [1.29, 1.82) is 0 Å². The van der Waals surface area contributed by atoms with Crippen molar-refractivity contribution in [3.63, 3.8) is 0 Å². The molecule has 5 nitrogen and oxygen atoms in total. The highest BCUT2D eigenvalue weighted by molar-refractivity contribution is 7.91. The molecule has 0 amide bonds. The second-order valence-corrected chi connectivity index (χ2v) is 9.03. The summed E-state index contributed by atoms with van der Waals surface area (Å²) < 4.78 is 33.7. The molecule has 28 heavy (non-hydrogen) atoms. The Morgan fingerprint density at radius 2 is 1.75 bits per heavy atom. The Morgan fingerprint density at radius 1 is 1.00 bits per heavy atom. The van der Waals surface area contributed by atoms with Crippen molar-refractivity contribution in [2.24, 2.45) is 0 Å². The number of nitrogens with one attached hydrogen (secondary N) is 1. The number of nitrogens with zero attached hydrogens (tertiary/aromatic N) is 1. The van der Waals surface area contributed by atoms with Gasteiger partial charge in [0.25, 0.3) is 0 Å². The fraction of sp³-hybridized carbons (Fsp3) is 0.0952. The van der Waals surface area contributed by atoms with Crippen LogP contribution in [0.2, 0.25) is 0 Å². The van der Waals surface area contributed by atoms with E-state index in [1.165, 1.54) is 0 Å². The number of aromatic nitrogens is 1. The molecular formula is C21H18N2O3S2. The Morgan fingerprint density at radius 3 is 2.46 bits per heavy atom. The number of fused-ring (bicyclic) bond motifs is 1. The summed E-state index contributed by atoms with van der Waals surface area (Å²) in [7, 11) is -1.83. The lowest BCUT2D eigenvalue weighted by molar-refractivity contribution is 0.415. The lowest BCUT2D eigenvalue weighted by Crippen LogP contribution is -2.14. The zero-order valence-corrected chi connectivity index (χ0v) is 16.8. The van der Waals surface area contributed by atoms with Crippen molar-refractivity contribution in [2.45, 2.75) is 5.75 Å². The fourth-order valence-corrected chi connectivity index (χ4v) is 5.04. The van der Waals surface area contributed by atoms with Gasteiger partial charge in [0.1, 0.15) is 10.8 Å². The second-order valence-electron chi connectivity index (χ2n) is 6.28. The van der Waals surface area contributed by atoms with Gasteiger partial charge in [0.05, 0.1) is 23.1 Å². The molecule has 0 aliphatic rings. The number of rotatable bonds is 6. The lowest BCUT2D eigenvalue weighted by atomic mass is 10.2. The largest absolute Gasteiger partial charge is 0.497 e. The third kappa shape index (κ3) is 4.16. The van der Waals surface area contributed by atoms with Crippen molar-refractivity contribution in [1.82, 2.24) is 4.98 Å². The van der Waals surface area contributed by atoms with Gasteiger partial charge in [0.15, 0.2) is 0 Å². The van der Waals surface area contributed by atoms with E-state index in [9.17, 15) is 8.42 Å². The maximum absolute atomic E-state index is 12.4. The van der Waals surface area contributed by atoms with Crippen molar-refractivity contribution < 1.29 is 13.2 Å². The van der Waals surface area contributed by atoms with Gasteiger partial charge >= 0.3 is 0 Å². The van der Waals surface area contributed by atoms with E-state index >= 15 is 0 Å². The average Bonchev–Trinajstić information content (AvgIpc) is 3.11. The molecule has 0 spiro atoms. The SMILES string of the molecule is COc1ccc2nc(-c3ccc(NS(=O)(=O)Cc4ccccc4)cc3)sc2c1. The van der Waals surface area contributed by atoms with E-state index in [1.54, 1.807) is 42.7 Å². The van der Waals surface area contributed by atoms with Gasteiger partial charge < -0.3 is 4.74 Å². The molecule has 0 bridgehead atoms. The van der Waals surface area contributed by atoms with Gasteiger partial charge in [-0.25, -0.2) is 13.4 Å². The molecule has 0 saturated carbocycles. The molecule has 4 aromatic rings. The molecule has 0 aliphatic carbocycles. The van der Waals surface area contributed by atoms with E-state index in [4.69, 9.17) is 4.74 Å². The third-order valence-corrected chi connectivity index (χ3v) is 6.53. The number of anilines is 1. The molecule has 0 radical (unpaired) electrons. The molecule has 0 unspecified atom stereocenters. The zero-order valence-electron chi connectivity index (χ0n) is 15.1. The zero-order chi connectivity index (χ0) is 19.6. The first-order valence-corrected chi connectivity index (χ1v) is 11.1. The highest BCUT2D eigenvalue weighted by Crippen LogP contribution is 2.32. The summed E-state index contributed by atoms with van der Waals surface area (Å²) in [5.74, 6) is 0.737. The first-order valence-electron chi connectivity index (χ1n) is 8.62. The van der Waals surface area contributed by atoms with Gasteiger partial charge in [0.2, 0.25) is 10.0 Å². The van der Waals surface area contributed by atoms with Gasteiger partial charge in [-0.05, 0) is 48.0 Å². The molecule has 3 aromatic carbocycles. The smallest absolute Gasteiger partial charge is 0.236 e. The van der Waals surface area contributed by atoms with Crippen LogP contribution in [0.1, 0.15) is 5.56 Å². The van der Waals surface area contributed by atoms with Crippen molar-refractivity contribution in [2.75, 3.05) is 11.8 Å². The van der Waals surface area contributed by atoms with Crippen molar-refractivity contribution in [3.8, 4) is 16.3 Å². The number of benzene rings is 3. The van der Waals surface area contributed by atoms with E-state index in [0.29, 0.717) is 5.69 Å². The van der Waals surface area contributed by atoms with Crippen LogP contribution in [0.5, 0.6) is 5.75 Å². The van der Waals surface area contributed by atoms with Crippen LogP contribution >= 0.6 is 11.3 Å². The first kappa shape index (κ1) is 18.5. The van der Waals surface area contributed by atoms with Crippen LogP contribution in [0.4, 0.5) is 5.69 Å². The van der Waals surface area contributed by atoms with Crippen LogP contribution in [-0.4, -0.2) is 20.5 Å². The number of thiazole rings is 1. The monoisotopic (exact) mass is 410 g/mol. The maximum Gasteiger partial charge on any atom is 0.236 e. The van der Waals surface area contributed by atoms with E-state index in [-0.39, 0.29) is 5.75 Å². The highest BCUT2D eigenvalue weighted by atomic mass is 32.2. The van der Waals surface area contributed by atoms with Gasteiger partial charge in [-0.2, -0.15) is 0 Å². The van der Waals surface area contributed by atoms with Crippen LogP contribution in [0.3, 0.4) is 0 Å². The van der Waals surface area contributed by atoms with Gasteiger partial charge in [-0.1, -0.05) is 30.3 Å². The maximum atomic E-state index is 12.4. The van der Waals surface area contributed by atoms with Crippen LogP contribution < -0.4 is 9.46 Å². The molecule has 0 aliphatic heterocycles. The van der Waals surface area contributed by atoms with Gasteiger partial charge in [0, 0.05) is 11.3 Å². The molecular weight excluding hydrogens is 392 g/mol. The molecule has 0 atom stereocenters. The molecule has 0 saturated heterocycles. The number of methoxy groups -OCH3 is 1. The molecule has 0 fully saturated rings. The molecule has 1 heterocycles. The van der Waals surface area contributed by atoms with Crippen LogP contribution in [-0.2, 0) is 15.8 Å². The van der Waals surface area contributed by atoms with E-state index in [1.807, 2.05) is 48.5 Å². The number of hydrogen-bond acceptors (Lipinski definition) is 5. The summed E-state index contributed by atoms with van der Waals surface area (Å²) in [5, 5.41) is 0.877. The third-order valence-electron chi connectivity index (χ3n) is 4.20. The molecule has 7 heteroatoms. The average molecular weight is 411 g/mol. The number of hydrogen-bond donors (Lipinski definition) is 1. The quantitative estimate of drug-likeness (QED) is 0.490. The first-order chi connectivity index (χ1) is 13.5. The molecule has 1 aromatic heterocycles. The predicted molar refractivity (Wildman–Crippen MR) is 114 cm³/mol. The van der Waals surface area contributed by atoms with E-state index in [0.717, 1.165) is 32.1 Å². The van der Waals surface area contributed by atoms with Crippen LogP contribution in [0, 0.1) is 0 Å². The number of ether oxygens (including phenoxy) is 1. The van der Waals surface area contributed by atoms with Crippen molar-refractivity contribution >= 4 is 37.3 Å². The topological polar surface area (TPSA) is 68.3 Å². The summed E-state index contributed by atoms with van der Waals surface area (Å²) in [4.78, 5) is 4.64. The second kappa shape index (κ2) is 7.61. The minimum Gasteiger partial charge on any atom is -0.497 e. The summed E-state index contributed by atoms with van der Waals surface area (Å²) >= 11 is 1.57. The fourth-order valence-electron chi connectivity index (χ4n) is 2.85. The lowest BCUT2D eigenvalue weighted by Gasteiger charge is -2.08. The highest BCUT2D eigenvalue weighted by Gasteiger charge is 2.12. The Bertz CT molecular complexity index is 1200. The van der Waals surface area contributed by atoms with E-state index < -0.39 is 10.0 Å². The molecule has 4 rings (SSSR count). The summed E-state index contributed by atoms with van der Waals surface area (Å²) in [6.07, 6.45) is 0. The normalized spacial score (nSPS) is 11.5. The van der Waals surface area contributed by atoms with Crippen LogP contribution in [0.25, 0.3) is 20.8 Å². The summed E-state index contributed by atoms with van der Waals surface area (Å²) in [5.41, 5.74) is 3.12. The van der Waals surface area contributed by atoms with Gasteiger partial charge in [-0.3, -0.25) is 4.72 Å². The Labute approximate surface area is 167 Å². The predicted octanol–water partition coefficient (Wildman–Crippen LogP) is 4.91. The number of sulfonamides is 1. The van der Waals surface area contributed by atoms with Gasteiger partial charge in [-0.15, -0.1) is 11.3 Å². The standard InChI is InChI=1S/C21H18N2O3S2/c1-26-18-11-12-19-20(13-18)27-21(22-19)16-7-9-17(10-8-16)23-28(24,25)14-15-5-3-2-4-6-15/h2-13,23H,14H2,1H3. The van der Waals surface area contributed by atoms with E-state index in [2.05, 4.69) is 9.71 Å². The van der Waals surface area contributed by atoms with Crippen molar-refractivity contribution in [3.05, 3.63) is 78.4 Å². The summed E-state index contributed by atoms with van der Waals surface area (Å²) in [6, 6.07) is 22.1. The minimum atomic E-state index is -3.47. The Kier molecular flexibility index (Phi) is 5.02. The Hall–Kier alpha value is -2.90. The minimum absolute atomic E-state index is 0.0602. The van der Waals surface area contributed by atoms with Crippen LogP contribution in [0.15, 0.2) is 72.8 Å².